The number of hydrogen-bond acceptors (Lipinski definition) is 5. The first-order valence-corrected chi connectivity index (χ1v) is 9.02. The molecule has 7 heteroatoms. The van der Waals surface area contributed by atoms with Crippen LogP contribution in [0.3, 0.4) is 0 Å². The van der Waals surface area contributed by atoms with Gasteiger partial charge in [-0.05, 0) is 34.5 Å². The summed E-state index contributed by atoms with van der Waals surface area (Å²) in [5.41, 5.74) is 4.25. The Labute approximate surface area is 154 Å². The van der Waals surface area contributed by atoms with E-state index in [9.17, 15) is 4.39 Å². The number of rotatable bonds is 5. The van der Waals surface area contributed by atoms with Crippen LogP contribution in [0.15, 0.2) is 59.6 Å². The molecule has 0 aliphatic heterocycles. The summed E-state index contributed by atoms with van der Waals surface area (Å²) in [6.45, 7) is 0.315. The van der Waals surface area contributed by atoms with Crippen molar-refractivity contribution >= 4 is 17.3 Å². The number of nitrogens with one attached hydrogen (secondary N) is 1. The molecule has 26 heavy (non-hydrogen) atoms. The first kappa shape index (κ1) is 16.4. The van der Waals surface area contributed by atoms with Crippen molar-refractivity contribution in [2.24, 2.45) is 7.05 Å². The quantitative estimate of drug-likeness (QED) is 0.571. The molecule has 0 bridgehead atoms. The predicted molar refractivity (Wildman–Crippen MR) is 101 cm³/mol. The molecule has 4 aromatic rings. The SMILES string of the molecule is Cn1nccc1-c1nc(NCc2ccccc2F)ncc1-c1ccsc1. The molecule has 0 aliphatic carbocycles. The van der Waals surface area contributed by atoms with Crippen LogP contribution in [0.2, 0.25) is 0 Å². The van der Waals surface area contributed by atoms with E-state index in [1.807, 2.05) is 30.6 Å². The first-order valence-electron chi connectivity index (χ1n) is 8.07. The zero-order chi connectivity index (χ0) is 17.9. The third-order valence-electron chi connectivity index (χ3n) is 4.08. The molecule has 0 saturated heterocycles. The molecule has 130 valence electrons. The number of thiophene rings is 1. The molecular weight excluding hydrogens is 349 g/mol. The van der Waals surface area contributed by atoms with Gasteiger partial charge < -0.3 is 5.32 Å². The largest absolute Gasteiger partial charge is 0.350 e. The molecule has 4 rings (SSSR count). The Morgan fingerprint density at radius 1 is 1.19 bits per heavy atom. The molecule has 3 aromatic heterocycles. The highest BCUT2D eigenvalue weighted by molar-refractivity contribution is 7.08. The Morgan fingerprint density at radius 3 is 2.81 bits per heavy atom. The van der Waals surface area contributed by atoms with Gasteiger partial charge in [0.1, 0.15) is 11.5 Å². The third kappa shape index (κ3) is 3.21. The predicted octanol–water partition coefficient (Wildman–Crippen LogP) is 4.36. The zero-order valence-corrected chi connectivity index (χ0v) is 14.9. The van der Waals surface area contributed by atoms with Gasteiger partial charge in [0, 0.05) is 37.1 Å². The van der Waals surface area contributed by atoms with E-state index >= 15 is 0 Å². The molecule has 0 amide bonds. The van der Waals surface area contributed by atoms with Crippen molar-refractivity contribution in [2.75, 3.05) is 5.32 Å². The maximum absolute atomic E-state index is 13.8. The zero-order valence-electron chi connectivity index (χ0n) is 14.1. The fraction of sp³-hybridized carbons (Fsp3) is 0.105. The van der Waals surface area contributed by atoms with Crippen LogP contribution in [-0.2, 0) is 13.6 Å². The number of benzene rings is 1. The molecule has 1 N–H and O–H groups in total. The van der Waals surface area contributed by atoms with E-state index in [-0.39, 0.29) is 5.82 Å². The van der Waals surface area contributed by atoms with Gasteiger partial charge in [0.15, 0.2) is 0 Å². The van der Waals surface area contributed by atoms with Gasteiger partial charge in [0.25, 0.3) is 0 Å². The number of aryl methyl sites for hydroxylation is 1. The molecule has 0 unspecified atom stereocenters. The number of aromatic nitrogens is 4. The second-order valence-corrected chi connectivity index (χ2v) is 6.53. The molecule has 3 heterocycles. The van der Waals surface area contributed by atoms with E-state index in [1.54, 1.807) is 40.5 Å². The Hall–Kier alpha value is -3.06. The van der Waals surface area contributed by atoms with Crippen LogP contribution >= 0.6 is 11.3 Å². The second kappa shape index (κ2) is 7.05. The maximum Gasteiger partial charge on any atom is 0.223 e. The van der Waals surface area contributed by atoms with E-state index in [2.05, 4.69) is 25.8 Å². The molecule has 0 atom stereocenters. The molecule has 5 nitrogen and oxygen atoms in total. The number of halogens is 1. The summed E-state index contributed by atoms with van der Waals surface area (Å²) in [6.07, 6.45) is 3.53. The second-order valence-electron chi connectivity index (χ2n) is 5.75. The summed E-state index contributed by atoms with van der Waals surface area (Å²) in [5, 5.41) is 11.4. The smallest absolute Gasteiger partial charge is 0.223 e. The van der Waals surface area contributed by atoms with Gasteiger partial charge in [-0.2, -0.15) is 16.4 Å². The normalized spacial score (nSPS) is 10.8. The lowest BCUT2D eigenvalue weighted by Crippen LogP contribution is -2.07. The van der Waals surface area contributed by atoms with E-state index in [0.29, 0.717) is 18.1 Å². The van der Waals surface area contributed by atoms with Crippen LogP contribution in [-0.4, -0.2) is 19.7 Å². The molecule has 0 saturated carbocycles. The molecule has 0 fully saturated rings. The minimum atomic E-state index is -0.248. The highest BCUT2D eigenvalue weighted by atomic mass is 32.1. The van der Waals surface area contributed by atoms with Crippen LogP contribution in [0.4, 0.5) is 10.3 Å². The third-order valence-corrected chi connectivity index (χ3v) is 4.76. The lowest BCUT2D eigenvalue weighted by atomic mass is 10.1. The van der Waals surface area contributed by atoms with Gasteiger partial charge >= 0.3 is 0 Å². The lowest BCUT2D eigenvalue weighted by Gasteiger charge is -2.11. The molecule has 1 aromatic carbocycles. The minimum Gasteiger partial charge on any atom is -0.350 e. The van der Waals surface area contributed by atoms with Crippen molar-refractivity contribution in [1.29, 1.82) is 0 Å². The van der Waals surface area contributed by atoms with Gasteiger partial charge in [-0.25, -0.2) is 14.4 Å². The van der Waals surface area contributed by atoms with Crippen molar-refractivity contribution in [1.82, 2.24) is 19.7 Å². The maximum atomic E-state index is 13.8. The van der Waals surface area contributed by atoms with Gasteiger partial charge in [0.2, 0.25) is 5.95 Å². The average Bonchev–Trinajstić information content (AvgIpc) is 3.32. The van der Waals surface area contributed by atoms with Crippen LogP contribution in [0.25, 0.3) is 22.5 Å². The summed E-state index contributed by atoms with van der Waals surface area (Å²) in [6, 6.07) is 10.6. The van der Waals surface area contributed by atoms with Crippen molar-refractivity contribution in [3.63, 3.8) is 0 Å². The van der Waals surface area contributed by atoms with Crippen molar-refractivity contribution in [3.05, 3.63) is 70.9 Å². The molecule has 0 radical (unpaired) electrons. The van der Waals surface area contributed by atoms with E-state index in [4.69, 9.17) is 0 Å². The summed E-state index contributed by atoms with van der Waals surface area (Å²) in [7, 11) is 1.88. The Kier molecular flexibility index (Phi) is 4.45. The number of anilines is 1. The topological polar surface area (TPSA) is 55.6 Å². The van der Waals surface area contributed by atoms with E-state index in [1.165, 1.54) is 6.07 Å². The highest BCUT2D eigenvalue weighted by Crippen LogP contribution is 2.31. The van der Waals surface area contributed by atoms with Crippen LogP contribution in [0.1, 0.15) is 5.56 Å². The summed E-state index contributed by atoms with van der Waals surface area (Å²) >= 11 is 1.62. The Morgan fingerprint density at radius 2 is 2.08 bits per heavy atom. The Balaban J connectivity index is 1.69. The van der Waals surface area contributed by atoms with Crippen molar-refractivity contribution in [3.8, 4) is 22.5 Å². The van der Waals surface area contributed by atoms with E-state index in [0.717, 1.165) is 22.5 Å². The van der Waals surface area contributed by atoms with Crippen molar-refractivity contribution in [2.45, 2.75) is 6.54 Å². The fourth-order valence-electron chi connectivity index (χ4n) is 2.71. The number of nitrogens with zero attached hydrogens (tertiary/aromatic N) is 4. The highest BCUT2D eigenvalue weighted by Gasteiger charge is 2.15. The molecule has 0 aliphatic rings. The van der Waals surface area contributed by atoms with Crippen LogP contribution < -0.4 is 5.32 Å². The van der Waals surface area contributed by atoms with E-state index < -0.39 is 0 Å². The monoisotopic (exact) mass is 365 g/mol. The number of hydrogen-bond donors (Lipinski definition) is 1. The standard InChI is InChI=1S/C19H16FN5S/c1-25-17(6-8-23-25)18-15(14-7-9-26-12-14)11-22-19(24-18)21-10-13-4-2-3-5-16(13)20/h2-9,11-12H,10H2,1H3,(H,21,22,24). The van der Waals surface area contributed by atoms with Gasteiger partial charge in [-0.15, -0.1) is 0 Å². The summed E-state index contributed by atoms with van der Waals surface area (Å²) in [4.78, 5) is 9.09. The van der Waals surface area contributed by atoms with Crippen LogP contribution in [0.5, 0.6) is 0 Å². The van der Waals surface area contributed by atoms with Gasteiger partial charge in [-0.3, -0.25) is 4.68 Å². The molecule has 0 spiro atoms. The fourth-order valence-corrected chi connectivity index (χ4v) is 3.37. The first-order chi connectivity index (χ1) is 12.7. The van der Waals surface area contributed by atoms with Gasteiger partial charge in [0.05, 0.1) is 5.69 Å². The Bertz CT molecular complexity index is 1030. The summed E-state index contributed by atoms with van der Waals surface area (Å²) < 4.78 is 15.6. The minimum absolute atomic E-state index is 0.248. The average molecular weight is 365 g/mol. The lowest BCUT2D eigenvalue weighted by molar-refractivity contribution is 0.612. The van der Waals surface area contributed by atoms with Crippen molar-refractivity contribution < 1.29 is 4.39 Å². The van der Waals surface area contributed by atoms with Crippen LogP contribution in [0, 0.1) is 5.82 Å². The summed E-state index contributed by atoms with van der Waals surface area (Å²) in [5.74, 6) is 0.199. The molecular formula is C19H16FN5S. The van der Waals surface area contributed by atoms with Gasteiger partial charge in [-0.1, -0.05) is 18.2 Å².